The van der Waals surface area contributed by atoms with E-state index in [-0.39, 0.29) is 17.9 Å². The van der Waals surface area contributed by atoms with E-state index in [2.05, 4.69) is 260 Å². The summed E-state index contributed by atoms with van der Waals surface area (Å²) in [7, 11) is 0. The van der Waals surface area contributed by atoms with Crippen LogP contribution in [0.2, 0.25) is 0 Å². The van der Waals surface area contributed by atoms with Crippen molar-refractivity contribution in [1.29, 1.82) is 0 Å². The summed E-state index contributed by atoms with van der Waals surface area (Å²) >= 11 is 0. The second kappa shape index (κ2) is 96.5. The third-order valence-corrected chi connectivity index (χ3v) is 18.2. The molecular weight excluding hydrogens is 1510 g/mol. The number of hydrogen-bond acceptors (Lipinski definition) is 10. The summed E-state index contributed by atoms with van der Waals surface area (Å²) in [6.45, 7) is 89.6. The number of hydrogen-bond donors (Lipinski definition) is 2. The van der Waals surface area contributed by atoms with Crippen molar-refractivity contribution < 1.29 is 48.4 Å². The number of carbonyl (C=O) groups is 5. The van der Waals surface area contributed by atoms with Crippen molar-refractivity contribution in [2.24, 2.45) is 35.5 Å². The lowest BCUT2D eigenvalue weighted by atomic mass is 9.95. The molecular formula is C112H200O10. The Morgan fingerprint density at radius 3 is 0.721 bits per heavy atom. The Morgan fingerprint density at radius 2 is 0.525 bits per heavy atom. The van der Waals surface area contributed by atoms with Crippen LogP contribution in [0.1, 0.15) is 415 Å². The second-order valence-electron chi connectivity index (χ2n) is 37.1. The molecule has 10 nitrogen and oxygen atoms in total. The van der Waals surface area contributed by atoms with E-state index in [4.69, 9.17) is 14.2 Å². The highest BCUT2D eigenvalue weighted by molar-refractivity contribution is 5.67. The summed E-state index contributed by atoms with van der Waals surface area (Å²) in [5, 5.41) is 18.9. The lowest BCUT2D eigenvalue weighted by molar-refractivity contribution is -0.142. The molecule has 0 saturated carbocycles. The molecule has 10 heteroatoms. The molecule has 0 aliphatic heterocycles. The number of aliphatic hydroxyl groups is 2. The van der Waals surface area contributed by atoms with E-state index in [9.17, 15) is 34.2 Å². The van der Waals surface area contributed by atoms with Gasteiger partial charge in [-0.1, -0.05) is 238 Å². The Hall–Kier alpha value is -6.75. The lowest BCUT2D eigenvalue weighted by Crippen LogP contribution is -2.18. The number of ether oxygens (including phenoxy) is 3. The van der Waals surface area contributed by atoms with Crippen LogP contribution in [0.5, 0.6) is 0 Å². The summed E-state index contributed by atoms with van der Waals surface area (Å²) in [5.74, 6) is 3.57. The average Bonchev–Trinajstić information content (AvgIpc) is 0.978. The summed E-state index contributed by atoms with van der Waals surface area (Å²) in [6, 6.07) is 0. The van der Waals surface area contributed by atoms with Crippen molar-refractivity contribution in [1.82, 2.24) is 0 Å². The van der Waals surface area contributed by atoms with Crippen molar-refractivity contribution >= 4 is 30.5 Å². The van der Waals surface area contributed by atoms with Crippen LogP contribution in [0, 0.1) is 35.5 Å². The molecule has 0 rings (SSSR count). The Labute approximate surface area is 758 Å². The molecule has 0 aliphatic carbocycles. The zero-order valence-electron chi connectivity index (χ0n) is 86.5. The van der Waals surface area contributed by atoms with Crippen LogP contribution in [0.15, 0.2) is 203 Å². The minimum absolute atomic E-state index is 0.179. The predicted molar refractivity (Wildman–Crippen MR) is 545 cm³/mol. The SMILES string of the molecule is C=C(C)/C=C(/C)CCC=C(C)C.C=C/C=C(/C)CCC=C(C)C.C=CCC(C)CCC=C(C)C.C=CCC(C)CCCC(C)(C)O.C=CC[C@@H](C)CCCC(C)(C)O.CC(=O)OCCC(C)CCC=C(C)C.CC(=O)OCCC(C)CCC=C(C)C.CC(=O)OCCC(C)CCC=C(C)C.CC(C)=CCC/C(C)=C/C=O.CC(C)=CCC/C(C)=C/C=O. The van der Waals surface area contributed by atoms with Crippen molar-refractivity contribution in [3.8, 4) is 0 Å². The van der Waals surface area contributed by atoms with Crippen molar-refractivity contribution in [3.63, 3.8) is 0 Å². The van der Waals surface area contributed by atoms with E-state index in [1.807, 2.05) is 72.8 Å². The van der Waals surface area contributed by atoms with Crippen molar-refractivity contribution in [3.05, 3.63) is 203 Å². The minimum atomic E-state index is -0.492. The molecule has 122 heavy (non-hydrogen) atoms. The molecule has 0 radical (unpaired) electrons. The molecule has 0 aromatic carbocycles. The van der Waals surface area contributed by atoms with Gasteiger partial charge in [0.05, 0.1) is 31.0 Å². The smallest absolute Gasteiger partial charge is 0.302 e. The fraction of sp³-hybridized carbons (Fsp3) is 0.652. The topological polar surface area (TPSA) is 154 Å². The van der Waals surface area contributed by atoms with E-state index < -0.39 is 11.2 Å². The highest BCUT2D eigenvalue weighted by Crippen LogP contribution is 2.21. The van der Waals surface area contributed by atoms with Gasteiger partial charge in [-0.05, 0) is 375 Å². The molecule has 0 saturated heterocycles. The van der Waals surface area contributed by atoms with Crippen molar-refractivity contribution in [2.75, 3.05) is 19.8 Å². The van der Waals surface area contributed by atoms with Gasteiger partial charge in [0.2, 0.25) is 0 Å². The first-order valence-corrected chi connectivity index (χ1v) is 46.2. The van der Waals surface area contributed by atoms with Crippen LogP contribution in [0.25, 0.3) is 0 Å². The molecule has 0 amide bonds. The van der Waals surface area contributed by atoms with Crippen molar-refractivity contribution in [2.45, 2.75) is 426 Å². The zero-order valence-corrected chi connectivity index (χ0v) is 86.5. The van der Waals surface area contributed by atoms with E-state index in [0.29, 0.717) is 49.4 Å². The van der Waals surface area contributed by atoms with E-state index in [1.165, 1.54) is 121 Å². The van der Waals surface area contributed by atoms with Gasteiger partial charge in [-0.3, -0.25) is 24.0 Å². The Morgan fingerprint density at radius 1 is 0.311 bits per heavy atom. The predicted octanol–water partition coefficient (Wildman–Crippen LogP) is 34.1. The first kappa shape index (κ1) is 136. The maximum atomic E-state index is 10.5. The summed E-state index contributed by atoms with van der Waals surface area (Å²) in [4.78, 5) is 51.5. The number of carbonyl (C=O) groups excluding carboxylic acids is 5. The number of allylic oxidation sites excluding steroid dienone is 29. The molecule has 708 valence electrons. The molecule has 5 unspecified atom stereocenters. The summed E-state index contributed by atoms with van der Waals surface area (Å²) in [5.41, 5.74) is 16.3. The van der Waals surface area contributed by atoms with E-state index >= 15 is 0 Å². The van der Waals surface area contributed by atoms with Gasteiger partial charge in [-0.2, -0.15) is 0 Å². The van der Waals surface area contributed by atoms with Gasteiger partial charge in [0, 0.05) is 20.8 Å². The molecule has 0 bridgehead atoms. The fourth-order valence-electron chi connectivity index (χ4n) is 10.8. The summed E-state index contributed by atoms with van der Waals surface area (Å²) in [6.07, 6.45) is 65.6. The van der Waals surface area contributed by atoms with Gasteiger partial charge in [-0.15, -0.1) is 19.7 Å². The standard InChI is InChI=1S/3C12H22O2.C12H20.2C11H22O.C11H20.C11H18.2C10H16O/c3*1-10(2)6-5-7-11(3)8-9-14-12(4)13;1-10(2)7-6-8-12(5)9-11(3)4;2*1-5-7-10(2)8-6-9-11(3,4)12;2*1-5-7-11(4)9-6-8-10(2)3;2*1-9(2)5-4-6-10(3)7-8-11/h3*6,11H,5,7-9H2,1-4H3;7,9H,3,6,8H2,1-2,4-5H3;2*5,10,12H,1,6-9H2,2-4H3;5,8,11H,1,6-7,9H2,2-4H3;5,7-8H,1,6,9H2,2-4H3;2*5,7-8H,4,6H2,1-3H3/b;;;12-9-;;;;11-7-;2*10-7+/t;;;;10-;;;;;/m....1...../s1. The second-order valence-corrected chi connectivity index (χ2v) is 37.1. The van der Waals surface area contributed by atoms with Gasteiger partial charge in [0.15, 0.2) is 0 Å². The summed E-state index contributed by atoms with van der Waals surface area (Å²) < 4.78 is 14.7. The zero-order chi connectivity index (χ0) is 96.5. The Bertz CT molecular complexity index is 2760. The largest absolute Gasteiger partial charge is 0.466 e. The van der Waals surface area contributed by atoms with Gasteiger partial charge in [0.1, 0.15) is 12.6 Å². The van der Waals surface area contributed by atoms with Gasteiger partial charge in [0.25, 0.3) is 0 Å². The van der Waals surface area contributed by atoms with Crippen LogP contribution in [-0.2, 0) is 38.2 Å². The maximum absolute atomic E-state index is 10.5. The monoisotopic (exact) mass is 1710 g/mol. The average molecular weight is 1710 g/mol. The molecule has 2 N–H and O–H groups in total. The highest BCUT2D eigenvalue weighted by atomic mass is 16.5. The third-order valence-electron chi connectivity index (χ3n) is 18.2. The molecule has 0 heterocycles. The van der Waals surface area contributed by atoms with Crippen LogP contribution >= 0.6 is 0 Å². The van der Waals surface area contributed by atoms with Crippen LogP contribution in [0.3, 0.4) is 0 Å². The van der Waals surface area contributed by atoms with Crippen LogP contribution in [-0.4, -0.2) is 71.7 Å². The molecule has 0 aromatic rings. The molecule has 6 atom stereocenters. The first-order chi connectivity index (χ1) is 56.6. The maximum Gasteiger partial charge on any atom is 0.302 e. The molecule has 0 aliphatic rings. The lowest BCUT2D eigenvalue weighted by Gasteiger charge is -2.17. The van der Waals surface area contributed by atoms with Gasteiger partial charge in [-0.25, -0.2) is 0 Å². The normalized spacial score (nSPS) is 12.1. The van der Waals surface area contributed by atoms with Gasteiger partial charge >= 0.3 is 17.9 Å². The fourth-order valence-corrected chi connectivity index (χ4v) is 10.8. The highest BCUT2D eigenvalue weighted by Gasteiger charge is 2.14. The van der Waals surface area contributed by atoms with Crippen LogP contribution < -0.4 is 0 Å². The molecule has 0 fully saturated rings. The Kier molecular flexibility index (Phi) is 107. The number of rotatable bonds is 51. The van der Waals surface area contributed by atoms with Crippen LogP contribution in [0.4, 0.5) is 0 Å². The molecule has 0 aromatic heterocycles. The minimum Gasteiger partial charge on any atom is -0.466 e. The molecule has 0 spiro atoms. The third kappa shape index (κ3) is 157. The first-order valence-electron chi connectivity index (χ1n) is 46.2. The number of aldehydes is 2. The quantitative estimate of drug-likeness (QED) is 0.0150. The number of esters is 3. The van der Waals surface area contributed by atoms with Gasteiger partial charge < -0.3 is 24.4 Å². The Balaban J connectivity index is -0.000000143. The van der Waals surface area contributed by atoms with E-state index in [1.54, 1.807) is 12.2 Å². The van der Waals surface area contributed by atoms with E-state index in [0.717, 1.165) is 170 Å².